The standard InChI is InChI=1S/C16H14BrN3O/c1-18-10-14-5-7-16(20-19-14)21-15-6-3-11-8-13(17)4-2-12(11)9-15/h2-9,18H,10H2,1H3. The molecule has 21 heavy (non-hydrogen) atoms. The molecule has 1 heterocycles. The fourth-order valence-electron chi connectivity index (χ4n) is 2.06. The van der Waals surface area contributed by atoms with Crippen LogP contribution in [0.25, 0.3) is 10.8 Å². The number of fused-ring (bicyclic) bond motifs is 1. The lowest BCUT2D eigenvalue weighted by atomic mass is 10.1. The van der Waals surface area contributed by atoms with Gasteiger partial charge in [0.1, 0.15) is 5.75 Å². The predicted molar refractivity (Wildman–Crippen MR) is 86.5 cm³/mol. The molecule has 106 valence electrons. The molecule has 5 heteroatoms. The van der Waals surface area contributed by atoms with Crippen molar-refractivity contribution in [3.05, 3.63) is 58.7 Å². The minimum atomic E-state index is 0.492. The average Bonchev–Trinajstić information content (AvgIpc) is 2.50. The van der Waals surface area contributed by atoms with E-state index in [1.807, 2.05) is 49.5 Å². The molecule has 0 amide bonds. The predicted octanol–water partition coefficient (Wildman–Crippen LogP) is 3.90. The summed E-state index contributed by atoms with van der Waals surface area (Å²) in [5.41, 5.74) is 0.883. The van der Waals surface area contributed by atoms with Crippen molar-refractivity contribution in [1.82, 2.24) is 15.5 Å². The fourth-order valence-corrected chi connectivity index (χ4v) is 2.44. The first-order chi connectivity index (χ1) is 10.2. The van der Waals surface area contributed by atoms with Crippen molar-refractivity contribution in [1.29, 1.82) is 0 Å². The Balaban J connectivity index is 1.82. The first-order valence-electron chi connectivity index (χ1n) is 6.59. The molecule has 0 saturated heterocycles. The summed E-state index contributed by atoms with van der Waals surface area (Å²) < 4.78 is 6.81. The van der Waals surface area contributed by atoms with Crippen molar-refractivity contribution in [3.63, 3.8) is 0 Å². The lowest BCUT2D eigenvalue weighted by Crippen LogP contribution is -2.07. The number of nitrogens with one attached hydrogen (secondary N) is 1. The quantitative estimate of drug-likeness (QED) is 0.780. The van der Waals surface area contributed by atoms with Gasteiger partial charge in [-0.05, 0) is 48.2 Å². The molecule has 1 N–H and O–H groups in total. The van der Waals surface area contributed by atoms with Crippen molar-refractivity contribution in [2.75, 3.05) is 7.05 Å². The molecular formula is C16H14BrN3O. The monoisotopic (exact) mass is 343 g/mol. The molecule has 0 atom stereocenters. The first kappa shape index (κ1) is 14.0. The molecule has 0 aliphatic carbocycles. The van der Waals surface area contributed by atoms with Crippen LogP contribution >= 0.6 is 15.9 Å². The molecule has 0 radical (unpaired) electrons. The molecule has 4 nitrogen and oxygen atoms in total. The van der Waals surface area contributed by atoms with Gasteiger partial charge in [0.15, 0.2) is 0 Å². The second-order valence-corrected chi connectivity index (χ2v) is 5.56. The highest BCUT2D eigenvalue weighted by atomic mass is 79.9. The van der Waals surface area contributed by atoms with Gasteiger partial charge in [-0.25, -0.2) is 0 Å². The highest BCUT2D eigenvalue weighted by Crippen LogP contribution is 2.26. The molecule has 1 aromatic heterocycles. The third kappa shape index (κ3) is 3.37. The van der Waals surface area contributed by atoms with Gasteiger partial charge in [-0.3, -0.25) is 0 Å². The van der Waals surface area contributed by atoms with Crippen LogP contribution in [0.3, 0.4) is 0 Å². The minimum absolute atomic E-state index is 0.492. The van der Waals surface area contributed by atoms with E-state index in [1.54, 1.807) is 0 Å². The second kappa shape index (κ2) is 6.20. The van der Waals surface area contributed by atoms with Gasteiger partial charge in [-0.1, -0.05) is 28.1 Å². The molecule has 0 fully saturated rings. The van der Waals surface area contributed by atoms with Crippen LogP contribution in [0.2, 0.25) is 0 Å². The van der Waals surface area contributed by atoms with Crippen molar-refractivity contribution in [2.45, 2.75) is 6.54 Å². The van der Waals surface area contributed by atoms with E-state index >= 15 is 0 Å². The molecule has 0 bridgehead atoms. The SMILES string of the molecule is CNCc1ccc(Oc2ccc3cc(Br)ccc3c2)nn1. The average molecular weight is 344 g/mol. The number of aromatic nitrogens is 2. The third-order valence-corrected chi connectivity index (χ3v) is 3.54. The Bertz CT molecular complexity index is 759. The van der Waals surface area contributed by atoms with Crippen molar-refractivity contribution >= 4 is 26.7 Å². The summed E-state index contributed by atoms with van der Waals surface area (Å²) in [6, 6.07) is 15.8. The van der Waals surface area contributed by atoms with E-state index in [0.717, 1.165) is 26.7 Å². The zero-order valence-corrected chi connectivity index (χ0v) is 13.1. The van der Waals surface area contributed by atoms with Crippen LogP contribution in [0.1, 0.15) is 5.69 Å². The summed E-state index contributed by atoms with van der Waals surface area (Å²) in [5.74, 6) is 1.24. The van der Waals surface area contributed by atoms with Crippen LogP contribution in [-0.2, 0) is 6.54 Å². The zero-order chi connectivity index (χ0) is 14.7. The topological polar surface area (TPSA) is 47.0 Å². The largest absolute Gasteiger partial charge is 0.438 e. The van der Waals surface area contributed by atoms with Crippen LogP contribution in [0, 0.1) is 0 Å². The Hall–Kier alpha value is -1.98. The third-order valence-electron chi connectivity index (χ3n) is 3.05. The Kier molecular flexibility index (Phi) is 4.13. The maximum atomic E-state index is 5.74. The summed E-state index contributed by atoms with van der Waals surface area (Å²) >= 11 is 3.47. The van der Waals surface area contributed by atoms with Gasteiger partial charge in [-0.15, -0.1) is 5.10 Å². The van der Waals surface area contributed by atoms with E-state index in [1.165, 1.54) is 0 Å². The van der Waals surface area contributed by atoms with E-state index in [4.69, 9.17) is 4.74 Å². The smallest absolute Gasteiger partial charge is 0.238 e. The summed E-state index contributed by atoms with van der Waals surface area (Å²) in [4.78, 5) is 0. The van der Waals surface area contributed by atoms with Crippen LogP contribution in [-0.4, -0.2) is 17.2 Å². The van der Waals surface area contributed by atoms with Crippen LogP contribution in [0.15, 0.2) is 53.0 Å². The zero-order valence-electron chi connectivity index (χ0n) is 11.5. The number of nitrogens with zero attached hydrogens (tertiary/aromatic N) is 2. The normalized spacial score (nSPS) is 10.8. The first-order valence-corrected chi connectivity index (χ1v) is 7.38. The summed E-state index contributed by atoms with van der Waals surface area (Å²) in [6.07, 6.45) is 0. The molecule has 2 aromatic carbocycles. The highest BCUT2D eigenvalue weighted by molar-refractivity contribution is 9.10. The van der Waals surface area contributed by atoms with Crippen LogP contribution in [0.4, 0.5) is 0 Å². The minimum Gasteiger partial charge on any atom is -0.438 e. The number of benzene rings is 2. The summed E-state index contributed by atoms with van der Waals surface area (Å²) in [6.45, 7) is 0.693. The summed E-state index contributed by atoms with van der Waals surface area (Å²) in [5, 5.41) is 13.5. The van der Waals surface area contributed by atoms with Gasteiger partial charge < -0.3 is 10.1 Å². The molecule has 0 unspecified atom stereocenters. The Morgan fingerprint density at radius 2 is 1.81 bits per heavy atom. The molecule has 3 aromatic rings. The number of rotatable bonds is 4. The number of hydrogen-bond donors (Lipinski definition) is 1. The van der Waals surface area contributed by atoms with Gasteiger partial charge in [0.2, 0.25) is 5.88 Å². The van der Waals surface area contributed by atoms with Crippen molar-refractivity contribution < 1.29 is 4.74 Å². The van der Waals surface area contributed by atoms with Crippen molar-refractivity contribution in [2.24, 2.45) is 0 Å². The molecular weight excluding hydrogens is 330 g/mol. The van der Waals surface area contributed by atoms with Crippen LogP contribution in [0.5, 0.6) is 11.6 Å². The van der Waals surface area contributed by atoms with E-state index < -0.39 is 0 Å². The van der Waals surface area contributed by atoms with Gasteiger partial charge in [0.25, 0.3) is 0 Å². The van der Waals surface area contributed by atoms with Gasteiger partial charge in [0.05, 0.1) is 5.69 Å². The second-order valence-electron chi connectivity index (χ2n) is 4.65. The fraction of sp³-hybridized carbons (Fsp3) is 0.125. The Morgan fingerprint density at radius 1 is 1.00 bits per heavy atom. The summed E-state index contributed by atoms with van der Waals surface area (Å²) in [7, 11) is 1.87. The van der Waals surface area contributed by atoms with E-state index in [2.05, 4.69) is 37.5 Å². The van der Waals surface area contributed by atoms with E-state index in [0.29, 0.717) is 12.4 Å². The van der Waals surface area contributed by atoms with E-state index in [-0.39, 0.29) is 0 Å². The molecule has 0 spiro atoms. The van der Waals surface area contributed by atoms with Gasteiger partial charge >= 0.3 is 0 Å². The number of halogens is 1. The lowest BCUT2D eigenvalue weighted by molar-refractivity contribution is 0.454. The van der Waals surface area contributed by atoms with Crippen molar-refractivity contribution in [3.8, 4) is 11.6 Å². The lowest BCUT2D eigenvalue weighted by Gasteiger charge is -2.06. The molecule has 0 saturated carbocycles. The van der Waals surface area contributed by atoms with Gasteiger partial charge in [-0.2, -0.15) is 5.10 Å². The molecule has 0 aliphatic heterocycles. The Morgan fingerprint density at radius 3 is 2.57 bits per heavy atom. The van der Waals surface area contributed by atoms with Gasteiger partial charge in [0, 0.05) is 17.1 Å². The number of hydrogen-bond acceptors (Lipinski definition) is 4. The number of ether oxygens (including phenoxy) is 1. The van der Waals surface area contributed by atoms with E-state index in [9.17, 15) is 0 Å². The maximum Gasteiger partial charge on any atom is 0.238 e. The highest BCUT2D eigenvalue weighted by Gasteiger charge is 2.02. The maximum absolute atomic E-state index is 5.74. The molecule has 3 rings (SSSR count). The molecule has 0 aliphatic rings. The van der Waals surface area contributed by atoms with Crippen LogP contribution < -0.4 is 10.1 Å². The Labute approximate surface area is 131 Å².